The first-order valence-electron chi connectivity index (χ1n) is 8.78. The lowest BCUT2D eigenvalue weighted by molar-refractivity contribution is -0.113. The van der Waals surface area contributed by atoms with Crippen LogP contribution in [0.15, 0.2) is 0 Å². The molecule has 0 radical (unpaired) electrons. The van der Waals surface area contributed by atoms with Gasteiger partial charge in [0.15, 0.2) is 20.2 Å². The van der Waals surface area contributed by atoms with Crippen LogP contribution in [0.4, 0.5) is 0 Å². The third-order valence-corrected chi connectivity index (χ3v) is 12.0. The van der Waals surface area contributed by atoms with Crippen LogP contribution in [-0.4, -0.2) is 32.4 Å². The van der Waals surface area contributed by atoms with Gasteiger partial charge < -0.3 is 14.0 Å². The van der Waals surface area contributed by atoms with Crippen molar-refractivity contribution in [3.8, 4) is 0 Å². The van der Waals surface area contributed by atoms with E-state index >= 15 is 0 Å². The number of hydrogen-bond acceptors (Lipinski definition) is 3. The maximum atomic E-state index is 11.5. The van der Waals surface area contributed by atoms with Gasteiger partial charge in [0, 0.05) is 11.5 Å². The summed E-state index contributed by atoms with van der Waals surface area (Å²) < 4.78 is 12.5. The molecule has 1 saturated heterocycles. The highest BCUT2D eigenvalue weighted by atomic mass is 28.4. The molecule has 3 rings (SSSR count). The van der Waals surface area contributed by atoms with Gasteiger partial charge in [0.2, 0.25) is 0 Å². The minimum atomic E-state index is -1.72. The summed E-state index contributed by atoms with van der Waals surface area (Å²) in [5.41, 5.74) is -0.284. The molecular formula is C18H32O3Si. The molecule has 0 bridgehead atoms. The highest BCUT2D eigenvalue weighted by Crippen LogP contribution is 2.67. The first-order chi connectivity index (χ1) is 9.96. The summed E-state index contributed by atoms with van der Waals surface area (Å²) in [6, 6.07) is 0. The normalized spacial score (nSPS) is 47.8. The first kappa shape index (κ1) is 16.7. The second kappa shape index (κ2) is 4.67. The standard InChI is InChI=1S/C18H32O3Si/c1-12-8-14(21-22(6,7)16(2,3)4)9-13-10-18(11-19)15(20-18)17(12,13)5/h11-15H,8-10H2,1-7H3/t12-,13+,14+,15-,17+,18-/m1/s1. The van der Waals surface area contributed by atoms with Crippen LogP contribution in [-0.2, 0) is 14.0 Å². The van der Waals surface area contributed by atoms with Crippen molar-refractivity contribution < 1.29 is 14.0 Å². The number of epoxide rings is 1. The van der Waals surface area contributed by atoms with E-state index in [4.69, 9.17) is 9.16 Å². The lowest BCUT2D eigenvalue weighted by Crippen LogP contribution is -2.49. The smallest absolute Gasteiger partial charge is 0.192 e. The highest BCUT2D eigenvalue weighted by Gasteiger charge is 2.75. The van der Waals surface area contributed by atoms with E-state index < -0.39 is 13.9 Å². The second-order valence-electron chi connectivity index (χ2n) is 9.71. The van der Waals surface area contributed by atoms with Crippen LogP contribution in [0.5, 0.6) is 0 Å². The molecule has 126 valence electrons. The van der Waals surface area contributed by atoms with Gasteiger partial charge >= 0.3 is 0 Å². The summed E-state index contributed by atoms with van der Waals surface area (Å²) in [5, 5.41) is 0.252. The summed E-state index contributed by atoms with van der Waals surface area (Å²) in [5.74, 6) is 1.12. The third kappa shape index (κ3) is 2.17. The lowest BCUT2D eigenvalue weighted by Gasteiger charge is -2.49. The fourth-order valence-corrected chi connectivity index (χ4v) is 6.08. The van der Waals surface area contributed by atoms with Crippen molar-refractivity contribution in [1.82, 2.24) is 0 Å². The zero-order valence-corrected chi connectivity index (χ0v) is 16.2. The minimum Gasteiger partial charge on any atom is -0.414 e. The SMILES string of the molecule is C[C@@H]1C[C@H](O[Si](C)(C)C(C)(C)C)C[C@H]2C[C@]3(C=O)O[C@@H]3[C@]21C. The Kier molecular flexibility index (Phi) is 3.54. The first-order valence-corrected chi connectivity index (χ1v) is 11.7. The van der Waals surface area contributed by atoms with E-state index in [-0.39, 0.29) is 16.6 Å². The molecule has 2 saturated carbocycles. The molecule has 4 heteroatoms. The van der Waals surface area contributed by atoms with Crippen LogP contribution in [0.1, 0.15) is 53.9 Å². The number of carbonyl (C=O) groups is 1. The molecule has 0 amide bonds. The molecule has 0 unspecified atom stereocenters. The number of ether oxygens (including phenoxy) is 1. The van der Waals surface area contributed by atoms with Gasteiger partial charge in [-0.25, -0.2) is 0 Å². The second-order valence-corrected chi connectivity index (χ2v) is 14.5. The predicted octanol–water partition coefficient (Wildman–Crippen LogP) is 4.17. The molecule has 0 N–H and O–H groups in total. The van der Waals surface area contributed by atoms with E-state index in [1.165, 1.54) is 0 Å². The molecule has 2 aliphatic carbocycles. The van der Waals surface area contributed by atoms with Crippen molar-refractivity contribution in [1.29, 1.82) is 0 Å². The largest absolute Gasteiger partial charge is 0.414 e. The van der Waals surface area contributed by atoms with Crippen molar-refractivity contribution >= 4 is 14.6 Å². The van der Waals surface area contributed by atoms with Crippen LogP contribution >= 0.6 is 0 Å². The molecule has 0 aromatic heterocycles. The fourth-order valence-electron chi connectivity index (χ4n) is 4.70. The summed E-state index contributed by atoms with van der Waals surface area (Å²) in [7, 11) is -1.72. The van der Waals surface area contributed by atoms with E-state index in [2.05, 4.69) is 47.7 Å². The summed E-state index contributed by atoms with van der Waals surface area (Å²) in [6.07, 6.45) is 4.69. The Balaban J connectivity index is 1.75. The molecular weight excluding hydrogens is 292 g/mol. The fraction of sp³-hybridized carbons (Fsp3) is 0.944. The Morgan fingerprint density at radius 3 is 2.45 bits per heavy atom. The number of hydrogen-bond donors (Lipinski definition) is 0. The molecule has 1 aliphatic heterocycles. The highest BCUT2D eigenvalue weighted by molar-refractivity contribution is 6.74. The van der Waals surface area contributed by atoms with Gasteiger partial charge in [-0.2, -0.15) is 0 Å². The van der Waals surface area contributed by atoms with E-state index in [1.807, 2.05) is 0 Å². The van der Waals surface area contributed by atoms with Gasteiger partial charge in [-0.1, -0.05) is 34.6 Å². The van der Waals surface area contributed by atoms with Crippen molar-refractivity contribution in [3.63, 3.8) is 0 Å². The Hall–Kier alpha value is -0.193. The average molecular weight is 325 g/mol. The van der Waals surface area contributed by atoms with Crippen molar-refractivity contribution in [2.45, 2.75) is 89.8 Å². The van der Waals surface area contributed by atoms with E-state index in [0.29, 0.717) is 17.9 Å². The van der Waals surface area contributed by atoms with E-state index in [0.717, 1.165) is 25.5 Å². The van der Waals surface area contributed by atoms with Gasteiger partial charge in [0.1, 0.15) is 6.10 Å². The van der Waals surface area contributed by atoms with Crippen molar-refractivity contribution in [2.24, 2.45) is 17.3 Å². The topological polar surface area (TPSA) is 38.8 Å². The van der Waals surface area contributed by atoms with Crippen LogP contribution in [0.2, 0.25) is 18.1 Å². The summed E-state index contributed by atoms with van der Waals surface area (Å²) >= 11 is 0. The maximum absolute atomic E-state index is 11.5. The van der Waals surface area contributed by atoms with Crippen LogP contribution in [0.3, 0.4) is 0 Å². The molecule has 0 aromatic rings. The lowest BCUT2D eigenvalue weighted by atomic mass is 9.62. The Morgan fingerprint density at radius 2 is 1.91 bits per heavy atom. The molecule has 3 aliphatic rings. The van der Waals surface area contributed by atoms with Gasteiger partial charge in [-0.3, -0.25) is 0 Å². The maximum Gasteiger partial charge on any atom is 0.192 e. The van der Waals surface area contributed by atoms with Gasteiger partial charge in [0.25, 0.3) is 0 Å². The Morgan fingerprint density at radius 1 is 1.27 bits per heavy atom. The molecule has 0 spiro atoms. The summed E-state index contributed by atoms with van der Waals surface area (Å²) in [6.45, 7) is 16.3. The minimum absolute atomic E-state index is 0.159. The van der Waals surface area contributed by atoms with Crippen LogP contribution in [0, 0.1) is 17.3 Å². The third-order valence-electron chi connectivity index (χ3n) is 7.43. The number of rotatable bonds is 3. The van der Waals surface area contributed by atoms with Gasteiger partial charge in [0.05, 0.1) is 0 Å². The molecule has 3 nitrogen and oxygen atoms in total. The Bertz CT molecular complexity index is 483. The van der Waals surface area contributed by atoms with Crippen LogP contribution < -0.4 is 0 Å². The van der Waals surface area contributed by atoms with Crippen molar-refractivity contribution in [3.05, 3.63) is 0 Å². The van der Waals surface area contributed by atoms with Crippen LogP contribution in [0.25, 0.3) is 0 Å². The summed E-state index contributed by atoms with van der Waals surface area (Å²) in [4.78, 5) is 11.5. The molecule has 3 fully saturated rings. The number of aldehydes is 1. The zero-order valence-electron chi connectivity index (χ0n) is 15.2. The number of fused-ring (bicyclic) bond motifs is 3. The molecule has 1 heterocycles. The van der Waals surface area contributed by atoms with Gasteiger partial charge in [-0.05, 0) is 49.2 Å². The van der Waals surface area contributed by atoms with Crippen molar-refractivity contribution in [2.75, 3.05) is 0 Å². The monoisotopic (exact) mass is 324 g/mol. The van der Waals surface area contributed by atoms with E-state index in [9.17, 15) is 4.79 Å². The van der Waals surface area contributed by atoms with Gasteiger partial charge in [-0.15, -0.1) is 0 Å². The number of carbonyl (C=O) groups excluding carboxylic acids is 1. The molecule has 22 heavy (non-hydrogen) atoms. The van der Waals surface area contributed by atoms with E-state index in [1.54, 1.807) is 0 Å². The molecule has 0 aromatic carbocycles. The average Bonchev–Trinajstić information content (AvgIpc) is 3.03. The Labute approximate surface area is 136 Å². The zero-order chi connectivity index (χ0) is 16.6. The quantitative estimate of drug-likeness (QED) is 0.444. The predicted molar refractivity (Wildman–Crippen MR) is 90.4 cm³/mol. The molecule has 6 atom stereocenters.